The number of H-pyrrole nitrogens is 1. The molecular formula is C29H31N3O4S. The van der Waals surface area contributed by atoms with Gasteiger partial charge in [-0.25, -0.2) is 4.98 Å². The number of benzene rings is 2. The third kappa shape index (κ3) is 5.30. The molecule has 2 heterocycles. The lowest BCUT2D eigenvalue weighted by molar-refractivity contribution is -0.116. The average Bonchev–Trinajstić information content (AvgIpc) is 2.91. The molecule has 8 heteroatoms. The summed E-state index contributed by atoms with van der Waals surface area (Å²) in [5.74, 6) is 2.10. The third-order valence-electron chi connectivity index (χ3n) is 6.73. The standard InChI is InChI=1S/C29H31N3O4S/c1-3-4-15-37-29-31-27-26(28(34)32-29)24(25-20(30-27)11-8-12-21(25)33)19-13-14-22(35-2)23(16-19)36-17-18-9-6-5-7-10-18/h5-7,9-10,13-14,16,24H,3-4,8,11-12,15,17H2,1-2H3,(H2,30,31,32,34). The Hall–Kier alpha value is -3.52. The lowest BCUT2D eigenvalue weighted by Crippen LogP contribution is -2.32. The molecule has 0 saturated heterocycles. The summed E-state index contributed by atoms with van der Waals surface area (Å²) in [5, 5.41) is 3.94. The summed E-state index contributed by atoms with van der Waals surface area (Å²) in [7, 11) is 1.60. The molecule has 2 aromatic carbocycles. The third-order valence-corrected chi connectivity index (χ3v) is 7.69. The maximum Gasteiger partial charge on any atom is 0.257 e. The van der Waals surface area contributed by atoms with Crippen LogP contribution in [0.3, 0.4) is 0 Å². The van der Waals surface area contributed by atoms with Gasteiger partial charge in [-0.05, 0) is 42.5 Å². The Morgan fingerprint density at radius 3 is 2.70 bits per heavy atom. The fourth-order valence-corrected chi connectivity index (χ4v) is 5.82. The van der Waals surface area contributed by atoms with Crippen LogP contribution in [-0.2, 0) is 11.4 Å². The molecule has 1 unspecified atom stereocenters. The molecule has 0 fully saturated rings. The lowest BCUT2D eigenvalue weighted by Gasteiger charge is -2.33. The first-order valence-electron chi connectivity index (χ1n) is 12.7. The Kier molecular flexibility index (Phi) is 7.65. The van der Waals surface area contributed by atoms with Crippen LogP contribution in [0.5, 0.6) is 11.5 Å². The summed E-state index contributed by atoms with van der Waals surface area (Å²) in [6, 6.07) is 15.5. The van der Waals surface area contributed by atoms with Crippen molar-refractivity contribution in [3.05, 3.63) is 86.8 Å². The van der Waals surface area contributed by atoms with E-state index in [1.165, 1.54) is 0 Å². The predicted molar refractivity (Wildman–Crippen MR) is 146 cm³/mol. The number of nitrogens with zero attached hydrogens (tertiary/aromatic N) is 1. The molecule has 1 aliphatic carbocycles. The molecule has 7 nitrogen and oxygen atoms in total. The van der Waals surface area contributed by atoms with E-state index >= 15 is 0 Å². The summed E-state index contributed by atoms with van der Waals surface area (Å²) >= 11 is 1.54. The number of carbonyl (C=O) groups excluding carboxylic acids is 1. The first-order valence-corrected chi connectivity index (χ1v) is 13.7. The van der Waals surface area contributed by atoms with E-state index < -0.39 is 5.92 Å². The summed E-state index contributed by atoms with van der Waals surface area (Å²) in [6.07, 6.45) is 4.12. The minimum Gasteiger partial charge on any atom is -0.493 e. The highest BCUT2D eigenvalue weighted by Gasteiger charge is 2.38. The number of methoxy groups -OCH3 is 1. The summed E-state index contributed by atoms with van der Waals surface area (Å²) < 4.78 is 11.7. The van der Waals surface area contributed by atoms with Gasteiger partial charge in [0.15, 0.2) is 22.4 Å². The smallest absolute Gasteiger partial charge is 0.257 e. The summed E-state index contributed by atoms with van der Waals surface area (Å²) in [4.78, 5) is 34.4. The number of aromatic nitrogens is 2. The molecule has 192 valence electrons. The van der Waals surface area contributed by atoms with Gasteiger partial charge >= 0.3 is 0 Å². The zero-order chi connectivity index (χ0) is 25.8. The van der Waals surface area contributed by atoms with Gasteiger partial charge in [-0.1, -0.05) is 61.5 Å². The number of ether oxygens (including phenoxy) is 2. The highest BCUT2D eigenvalue weighted by atomic mass is 32.2. The number of thioether (sulfide) groups is 1. The van der Waals surface area contributed by atoms with Gasteiger partial charge < -0.3 is 19.8 Å². The van der Waals surface area contributed by atoms with Gasteiger partial charge in [-0.15, -0.1) is 0 Å². The number of Topliss-reactive ketones (excluding diaryl/α,β-unsaturated/α-hetero) is 1. The van der Waals surface area contributed by atoms with Crippen molar-refractivity contribution in [2.24, 2.45) is 0 Å². The van der Waals surface area contributed by atoms with E-state index in [0.29, 0.717) is 46.6 Å². The number of hydrogen-bond donors (Lipinski definition) is 2. The van der Waals surface area contributed by atoms with Gasteiger partial charge in [0.2, 0.25) is 0 Å². The molecule has 0 spiro atoms. The quantitative estimate of drug-likeness (QED) is 0.210. The maximum absolute atomic E-state index is 13.5. The summed E-state index contributed by atoms with van der Waals surface area (Å²) in [5.41, 5.74) is 3.58. The van der Waals surface area contributed by atoms with Crippen molar-refractivity contribution in [1.29, 1.82) is 0 Å². The number of aromatic amines is 1. The van der Waals surface area contributed by atoms with Crippen molar-refractivity contribution < 1.29 is 14.3 Å². The second-order valence-electron chi connectivity index (χ2n) is 9.25. The van der Waals surface area contributed by atoms with E-state index in [1.54, 1.807) is 18.9 Å². The average molecular weight is 518 g/mol. The predicted octanol–water partition coefficient (Wildman–Crippen LogP) is 5.81. The fourth-order valence-electron chi connectivity index (χ4n) is 4.88. The van der Waals surface area contributed by atoms with Crippen LogP contribution in [0.2, 0.25) is 0 Å². The number of anilines is 1. The second kappa shape index (κ2) is 11.3. The Labute approximate surface area is 220 Å². The normalized spacial score (nSPS) is 16.6. The molecule has 1 aliphatic heterocycles. The van der Waals surface area contributed by atoms with E-state index in [-0.39, 0.29) is 11.3 Å². The van der Waals surface area contributed by atoms with Crippen molar-refractivity contribution in [2.45, 2.75) is 56.7 Å². The molecule has 2 aliphatic rings. The van der Waals surface area contributed by atoms with E-state index in [1.807, 2.05) is 48.5 Å². The molecule has 0 radical (unpaired) electrons. The van der Waals surface area contributed by atoms with Crippen LogP contribution in [0.4, 0.5) is 5.82 Å². The Morgan fingerprint density at radius 2 is 1.92 bits per heavy atom. The van der Waals surface area contributed by atoms with Gasteiger partial charge in [-0.2, -0.15) is 0 Å². The maximum atomic E-state index is 13.5. The van der Waals surface area contributed by atoms with Crippen LogP contribution in [0, 0.1) is 0 Å². The number of carbonyl (C=O) groups is 1. The van der Waals surface area contributed by atoms with Crippen LogP contribution in [-0.4, -0.2) is 28.6 Å². The van der Waals surface area contributed by atoms with Gasteiger partial charge in [-0.3, -0.25) is 9.59 Å². The zero-order valence-corrected chi connectivity index (χ0v) is 22.0. The van der Waals surface area contributed by atoms with Crippen LogP contribution in [0.25, 0.3) is 0 Å². The minimum absolute atomic E-state index is 0.0627. The second-order valence-corrected chi connectivity index (χ2v) is 10.3. The fraction of sp³-hybridized carbons (Fsp3) is 0.345. The monoisotopic (exact) mass is 517 g/mol. The van der Waals surface area contributed by atoms with Crippen LogP contribution >= 0.6 is 11.8 Å². The zero-order valence-electron chi connectivity index (χ0n) is 21.1. The highest BCUT2D eigenvalue weighted by molar-refractivity contribution is 7.99. The van der Waals surface area contributed by atoms with Crippen molar-refractivity contribution in [1.82, 2.24) is 9.97 Å². The SMILES string of the molecule is CCCCSc1nc2c(c(=O)[nH]1)C(c1ccc(OC)c(OCc3ccccc3)c1)C1=C(CCCC1=O)N2. The molecule has 37 heavy (non-hydrogen) atoms. The molecule has 3 aromatic rings. The van der Waals surface area contributed by atoms with E-state index in [2.05, 4.69) is 17.2 Å². The van der Waals surface area contributed by atoms with E-state index in [0.717, 1.165) is 48.3 Å². The van der Waals surface area contributed by atoms with Crippen LogP contribution < -0.4 is 20.3 Å². The minimum atomic E-state index is -0.532. The van der Waals surface area contributed by atoms with Crippen LogP contribution in [0.1, 0.15) is 61.6 Å². The first-order chi connectivity index (χ1) is 18.1. The van der Waals surface area contributed by atoms with Gasteiger partial charge in [0.25, 0.3) is 5.56 Å². The molecule has 5 rings (SSSR count). The molecule has 0 amide bonds. The Bertz CT molecular complexity index is 1380. The largest absolute Gasteiger partial charge is 0.493 e. The molecule has 0 saturated carbocycles. The number of allylic oxidation sites excluding steroid dienone is 2. The number of rotatable bonds is 9. The lowest BCUT2D eigenvalue weighted by atomic mass is 9.76. The first kappa shape index (κ1) is 25.1. The summed E-state index contributed by atoms with van der Waals surface area (Å²) in [6.45, 7) is 2.51. The molecule has 0 bridgehead atoms. The molecule has 1 aromatic heterocycles. The van der Waals surface area contributed by atoms with Crippen molar-refractivity contribution in [2.75, 3.05) is 18.2 Å². The van der Waals surface area contributed by atoms with Gasteiger partial charge in [0.1, 0.15) is 12.4 Å². The number of hydrogen-bond acceptors (Lipinski definition) is 7. The Morgan fingerprint density at radius 1 is 1.08 bits per heavy atom. The number of nitrogens with one attached hydrogen (secondary N) is 2. The molecular weight excluding hydrogens is 486 g/mol. The molecule has 2 N–H and O–H groups in total. The topological polar surface area (TPSA) is 93.3 Å². The van der Waals surface area contributed by atoms with Crippen molar-refractivity contribution in [3.63, 3.8) is 0 Å². The van der Waals surface area contributed by atoms with Crippen molar-refractivity contribution in [3.8, 4) is 11.5 Å². The van der Waals surface area contributed by atoms with Gasteiger partial charge in [0, 0.05) is 29.4 Å². The number of unbranched alkanes of at least 4 members (excludes halogenated alkanes) is 1. The highest BCUT2D eigenvalue weighted by Crippen LogP contribution is 2.45. The van der Waals surface area contributed by atoms with Gasteiger partial charge in [0.05, 0.1) is 12.7 Å². The van der Waals surface area contributed by atoms with E-state index in [9.17, 15) is 9.59 Å². The van der Waals surface area contributed by atoms with Crippen molar-refractivity contribution >= 4 is 23.4 Å². The molecule has 1 atom stereocenters. The number of ketones is 1. The number of fused-ring (bicyclic) bond motifs is 1. The van der Waals surface area contributed by atoms with Crippen LogP contribution in [0.15, 0.2) is 69.8 Å². The van der Waals surface area contributed by atoms with E-state index in [4.69, 9.17) is 14.5 Å². The Balaban J connectivity index is 1.57.